The Hall–Kier alpha value is -1.48. The first-order valence-corrected chi connectivity index (χ1v) is 10.1. The zero-order valence-electron chi connectivity index (χ0n) is 14.5. The summed E-state index contributed by atoms with van der Waals surface area (Å²) in [5.74, 6) is -0.249. The van der Waals surface area contributed by atoms with Crippen LogP contribution >= 0.6 is 0 Å². The Morgan fingerprint density at radius 2 is 2.04 bits per heavy atom. The lowest BCUT2D eigenvalue weighted by atomic mass is 10.0. The molecular weight excluding hydrogens is 349 g/mol. The zero-order valence-corrected chi connectivity index (χ0v) is 15.3. The minimum absolute atomic E-state index is 0.0916. The van der Waals surface area contributed by atoms with Gasteiger partial charge in [-0.15, -0.1) is 0 Å². The highest BCUT2D eigenvalue weighted by atomic mass is 32.2. The molecule has 1 aliphatic carbocycles. The Labute approximate surface area is 147 Å². The summed E-state index contributed by atoms with van der Waals surface area (Å²) in [6.45, 7) is 2.52. The molecule has 25 heavy (non-hydrogen) atoms. The highest BCUT2D eigenvalue weighted by Gasteiger charge is 2.47. The van der Waals surface area contributed by atoms with Crippen LogP contribution in [0.5, 0.6) is 0 Å². The van der Waals surface area contributed by atoms with Crippen molar-refractivity contribution in [1.29, 1.82) is 0 Å². The summed E-state index contributed by atoms with van der Waals surface area (Å²) in [6, 6.07) is 1.66. The number of nitrogens with zero attached hydrogens (tertiary/aromatic N) is 2. The van der Waals surface area contributed by atoms with Gasteiger partial charge in [-0.1, -0.05) is 18.0 Å². The van der Waals surface area contributed by atoms with Crippen molar-refractivity contribution in [2.45, 2.75) is 62.8 Å². The van der Waals surface area contributed by atoms with Gasteiger partial charge in [-0.2, -0.15) is 4.31 Å². The van der Waals surface area contributed by atoms with Crippen molar-refractivity contribution in [1.82, 2.24) is 9.46 Å². The van der Waals surface area contributed by atoms with Crippen LogP contribution in [0.25, 0.3) is 0 Å². The first-order valence-electron chi connectivity index (χ1n) is 8.63. The second-order valence-electron chi connectivity index (χ2n) is 7.31. The molecule has 1 saturated carbocycles. The SMILES string of the molecule is CC(C)(C(=O)Nc1cc(C2CCCC2)no1)S(=O)(=O)N1CC[C@@H](F)C1. The van der Waals surface area contributed by atoms with E-state index < -0.39 is 26.8 Å². The Morgan fingerprint density at radius 3 is 2.64 bits per heavy atom. The van der Waals surface area contributed by atoms with Crippen LogP contribution in [0.15, 0.2) is 10.6 Å². The predicted octanol–water partition coefficient (Wildman–Crippen LogP) is 2.42. The van der Waals surface area contributed by atoms with Crippen molar-refractivity contribution in [2.75, 3.05) is 18.4 Å². The summed E-state index contributed by atoms with van der Waals surface area (Å²) in [6.07, 6.45) is 3.35. The van der Waals surface area contributed by atoms with Gasteiger partial charge in [-0.25, -0.2) is 12.8 Å². The third kappa shape index (κ3) is 3.44. The molecule has 2 fully saturated rings. The lowest BCUT2D eigenvalue weighted by molar-refractivity contribution is -0.118. The van der Waals surface area contributed by atoms with Gasteiger partial charge in [0.15, 0.2) is 4.75 Å². The number of rotatable bonds is 5. The standard InChI is InChI=1S/C16H24FN3O4S/c1-16(2,25(22,23)20-8-7-12(17)10-20)15(21)18-14-9-13(19-24-14)11-5-3-4-6-11/h9,11-12H,3-8,10H2,1-2H3,(H,18,21)/t12-/m1/s1. The number of amides is 1. The first-order chi connectivity index (χ1) is 11.7. The normalized spacial score (nSPS) is 23.2. The summed E-state index contributed by atoms with van der Waals surface area (Å²) < 4.78 is 43.2. The van der Waals surface area contributed by atoms with Crippen molar-refractivity contribution in [2.24, 2.45) is 0 Å². The summed E-state index contributed by atoms with van der Waals surface area (Å²) in [5.41, 5.74) is 0.785. The maximum absolute atomic E-state index is 13.4. The predicted molar refractivity (Wildman–Crippen MR) is 90.4 cm³/mol. The molecule has 1 aromatic heterocycles. The van der Waals surface area contributed by atoms with Crippen LogP contribution in [0.1, 0.15) is 57.6 Å². The molecule has 2 aliphatic rings. The van der Waals surface area contributed by atoms with Gasteiger partial charge in [0, 0.05) is 25.1 Å². The number of aromatic nitrogens is 1. The number of hydrogen-bond donors (Lipinski definition) is 1. The summed E-state index contributed by atoms with van der Waals surface area (Å²) in [5, 5.41) is 6.48. The van der Waals surface area contributed by atoms with Crippen LogP contribution in [0, 0.1) is 0 Å². The molecule has 1 saturated heterocycles. The van der Waals surface area contributed by atoms with Gasteiger partial charge in [0.05, 0.1) is 5.69 Å². The van der Waals surface area contributed by atoms with E-state index in [9.17, 15) is 17.6 Å². The largest absolute Gasteiger partial charge is 0.338 e. The average molecular weight is 373 g/mol. The number of halogens is 1. The molecule has 1 aliphatic heterocycles. The molecule has 1 N–H and O–H groups in total. The number of nitrogens with one attached hydrogen (secondary N) is 1. The minimum Gasteiger partial charge on any atom is -0.338 e. The van der Waals surface area contributed by atoms with E-state index in [4.69, 9.17) is 4.52 Å². The smallest absolute Gasteiger partial charge is 0.249 e. The number of hydrogen-bond acceptors (Lipinski definition) is 5. The number of carbonyl (C=O) groups is 1. The molecule has 1 atom stereocenters. The van der Waals surface area contributed by atoms with Crippen LogP contribution in [-0.4, -0.2) is 47.8 Å². The molecule has 9 heteroatoms. The van der Waals surface area contributed by atoms with E-state index in [1.807, 2.05) is 0 Å². The van der Waals surface area contributed by atoms with E-state index in [1.165, 1.54) is 13.8 Å². The van der Waals surface area contributed by atoms with Crippen molar-refractivity contribution >= 4 is 21.8 Å². The van der Waals surface area contributed by atoms with E-state index >= 15 is 0 Å². The van der Waals surface area contributed by atoms with Gasteiger partial charge in [0.25, 0.3) is 0 Å². The van der Waals surface area contributed by atoms with Crippen molar-refractivity contribution < 1.29 is 22.1 Å². The monoisotopic (exact) mass is 373 g/mol. The second kappa shape index (κ2) is 6.68. The molecule has 1 aromatic rings. The molecule has 7 nitrogen and oxygen atoms in total. The Bertz CT molecular complexity index is 740. The summed E-state index contributed by atoms with van der Waals surface area (Å²) in [7, 11) is -3.98. The third-order valence-electron chi connectivity index (χ3n) is 5.16. The van der Waals surface area contributed by atoms with E-state index in [0.29, 0.717) is 5.92 Å². The number of sulfonamides is 1. The highest BCUT2D eigenvalue weighted by molar-refractivity contribution is 7.91. The van der Waals surface area contributed by atoms with Crippen LogP contribution in [0.4, 0.5) is 10.3 Å². The van der Waals surface area contributed by atoms with Gasteiger partial charge >= 0.3 is 0 Å². The van der Waals surface area contributed by atoms with Gasteiger partial charge in [-0.05, 0) is 33.1 Å². The lowest BCUT2D eigenvalue weighted by Crippen LogP contribution is -2.51. The molecule has 2 heterocycles. The molecule has 3 rings (SSSR count). The van der Waals surface area contributed by atoms with E-state index in [-0.39, 0.29) is 25.4 Å². The number of carbonyl (C=O) groups excluding carboxylic acids is 1. The summed E-state index contributed by atoms with van der Waals surface area (Å²) >= 11 is 0. The van der Waals surface area contributed by atoms with Crippen LogP contribution in [0.3, 0.4) is 0 Å². The van der Waals surface area contributed by atoms with Crippen molar-refractivity contribution in [3.63, 3.8) is 0 Å². The number of alkyl halides is 1. The molecular formula is C16H24FN3O4S. The van der Waals surface area contributed by atoms with E-state index in [0.717, 1.165) is 35.7 Å². The molecule has 0 unspecified atom stereocenters. The maximum atomic E-state index is 13.4. The number of anilines is 1. The van der Waals surface area contributed by atoms with Crippen LogP contribution < -0.4 is 5.32 Å². The van der Waals surface area contributed by atoms with Crippen LogP contribution in [0.2, 0.25) is 0 Å². The molecule has 0 spiro atoms. The average Bonchev–Trinajstić information content (AvgIpc) is 3.27. The minimum atomic E-state index is -3.98. The first kappa shape index (κ1) is 18.3. The molecule has 1 amide bonds. The fraction of sp³-hybridized carbons (Fsp3) is 0.750. The van der Waals surface area contributed by atoms with Crippen molar-refractivity contribution in [3.8, 4) is 0 Å². The molecule has 0 bridgehead atoms. The van der Waals surface area contributed by atoms with Gasteiger partial charge < -0.3 is 4.52 Å². The Balaban J connectivity index is 1.71. The third-order valence-corrected chi connectivity index (χ3v) is 7.65. The fourth-order valence-electron chi connectivity index (χ4n) is 3.37. The fourth-order valence-corrected chi connectivity index (χ4v) is 5.00. The molecule has 0 radical (unpaired) electrons. The highest BCUT2D eigenvalue weighted by Crippen LogP contribution is 2.34. The van der Waals surface area contributed by atoms with E-state index in [2.05, 4.69) is 10.5 Å². The Kier molecular flexibility index (Phi) is 4.89. The summed E-state index contributed by atoms with van der Waals surface area (Å²) in [4.78, 5) is 12.6. The van der Waals surface area contributed by atoms with Gasteiger partial charge in [0.2, 0.25) is 21.8 Å². The molecule has 140 valence electrons. The molecule has 0 aromatic carbocycles. The van der Waals surface area contributed by atoms with Gasteiger partial charge in [-0.3, -0.25) is 10.1 Å². The van der Waals surface area contributed by atoms with Gasteiger partial charge in [0.1, 0.15) is 6.17 Å². The lowest BCUT2D eigenvalue weighted by Gasteiger charge is -2.28. The zero-order chi connectivity index (χ0) is 18.2. The maximum Gasteiger partial charge on any atom is 0.249 e. The second-order valence-corrected chi connectivity index (χ2v) is 9.80. The van der Waals surface area contributed by atoms with Crippen LogP contribution in [-0.2, 0) is 14.8 Å². The topological polar surface area (TPSA) is 92.5 Å². The van der Waals surface area contributed by atoms with E-state index in [1.54, 1.807) is 6.07 Å². The Morgan fingerprint density at radius 1 is 1.36 bits per heavy atom. The quantitative estimate of drug-likeness (QED) is 0.856. The van der Waals surface area contributed by atoms with Crippen molar-refractivity contribution in [3.05, 3.63) is 11.8 Å².